The van der Waals surface area contributed by atoms with Crippen LogP contribution in [0.3, 0.4) is 0 Å². The molecule has 0 aliphatic carbocycles. The Morgan fingerprint density at radius 1 is 1.27 bits per heavy atom. The van der Waals surface area contributed by atoms with Crippen molar-refractivity contribution in [3.63, 3.8) is 0 Å². The van der Waals surface area contributed by atoms with Crippen LogP contribution in [0.4, 0.5) is 0 Å². The van der Waals surface area contributed by atoms with E-state index < -0.39 is 0 Å². The number of hydrogen-bond acceptors (Lipinski definition) is 5. The summed E-state index contributed by atoms with van der Waals surface area (Å²) in [6.45, 7) is 1.07. The van der Waals surface area contributed by atoms with E-state index in [9.17, 15) is 4.79 Å². The molecule has 2 N–H and O–H groups in total. The predicted octanol–water partition coefficient (Wildman–Crippen LogP) is 2.50. The average molecular weight is 372 g/mol. The fourth-order valence-electron chi connectivity index (χ4n) is 2.76. The van der Waals surface area contributed by atoms with Crippen molar-refractivity contribution in [3.8, 4) is 22.8 Å². The van der Waals surface area contributed by atoms with Crippen LogP contribution >= 0.6 is 12.2 Å². The molecule has 0 unspecified atom stereocenters. The molecule has 8 heteroatoms. The first-order chi connectivity index (χ1) is 12.6. The monoisotopic (exact) mass is 372 g/mol. The summed E-state index contributed by atoms with van der Waals surface area (Å²) < 4.78 is 12.9. The lowest BCUT2D eigenvalue weighted by molar-refractivity contribution is 0.395. The van der Waals surface area contributed by atoms with Crippen molar-refractivity contribution in [1.29, 1.82) is 0 Å². The zero-order valence-electron chi connectivity index (χ0n) is 14.6. The summed E-state index contributed by atoms with van der Waals surface area (Å²) >= 11 is 5.37. The molecular formula is C18H20N4O3S. The maximum absolute atomic E-state index is 12.0. The molecule has 0 fully saturated rings. The van der Waals surface area contributed by atoms with Crippen LogP contribution in [-0.2, 0) is 6.54 Å². The van der Waals surface area contributed by atoms with Crippen LogP contribution in [0.2, 0.25) is 0 Å². The minimum atomic E-state index is -0.257. The minimum absolute atomic E-state index is 0.257. The first-order valence-electron chi connectivity index (χ1n) is 8.14. The first kappa shape index (κ1) is 17.9. The van der Waals surface area contributed by atoms with Crippen LogP contribution in [0.15, 0.2) is 46.3 Å². The van der Waals surface area contributed by atoms with Gasteiger partial charge in [-0.1, -0.05) is 6.08 Å². The van der Waals surface area contributed by atoms with Gasteiger partial charge in [0, 0.05) is 30.7 Å². The van der Waals surface area contributed by atoms with Gasteiger partial charge in [-0.2, -0.15) is 0 Å². The molecule has 1 aromatic heterocycles. The molecule has 0 radical (unpaired) electrons. The smallest absolute Gasteiger partial charge is 0.252 e. The second kappa shape index (κ2) is 8.01. The molecule has 2 aromatic rings. The second-order valence-corrected chi connectivity index (χ2v) is 6.01. The molecule has 3 rings (SSSR count). The van der Waals surface area contributed by atoms with Gasteiger partial charge in [-0.15, -0.1) is 0 Å². The molecule has 7 nitrogen and oxygen atoms in total. The number of aromatic amines is 1. The molecule has 136 valence electrons. The SMILES string of the molecule is COc1ccc(-c2cc(=O)[nH]c(=S)n2CCN=C2CC=CN2)c(OC)c1. The molecule has 1 aromatic carbocycles. The highest BCUT2D eigenvalue weighted by molar-refractivity contribution is 7.71. The second-order valence-electron chi connectivity index (χ2n) is 5.62. The van der Waals surface area contributed by atoms with E-state index in [1.54, 1.807) is 20.3 Å². The van der Waals surface area contributed by atoms with Gasteiger partial charge in [-0.3, -0.25) is 14.8 Å². The molecule has 0 saturated carbocycles. The van der Waals surface area contributed by atoms with E-state index in [2.05, 4.69) is 15.3 Å². The van der Waals surface area contributed by atoms with Crippen LogP contribution < -0.4 is 20.3 Å². The third-order valence-corrected chi connectivity index (χ3v) is 4.35. The number of methoxy groups -OCH3 is 2. The molecule has 0 amide bonds. The van der Waals surface area contributed by atoms with Crippen LogP contribution in [-0.4, -0.2) is 36.2 Å². The van der Waals surface area contributed by atoms with E-state index in [1.165, 1.54) is 6.07 Å². The van der Waals surface area contributed by atoms with E-state index in [0.29, 0.717) is 35.1 Å². The van der Waals surface area contributed by atoms with Gasteiger partial charge >= 0.3 is 0 Å². The molecule has 0 atom stereocenters. The van der Waals surface area contributed by atoms with Crippen LogP contribution in [0.1, 0.15) is 6.42 Å². The summed E-state index contributed by atoms with van der Waals surface area (Å²) in [5.41, 5.74) is 1.18. The Bertz CT molecular complexity index is 965. The largest absolute Gasteiger partial charge is 0.497 e. The van der Waals surface area contributed by atoms with E-state index in [4.69, 9.17) is 21.7 Å². The lowest BCUT2D eigenvalue weighted by atomic mass is 10.1. The highest BCUT2D eigenvalue weighted by Crippen LogP contribution is 2.32. The summed E-state index contributed by atoms with van der Waals surface area (Å²) in [5, 5.41) is 3.09. The maximum Gasteiger partial charge on any atom is 0.252 e. The number of hydrogen-bond donors (Lipinski definition) is 2. The minimum Gasteiger partial charge on any atom is -0.497 e. The van der Waals surface area contributed by atoms with Crippen molar-refractivity contribution >= 4 is 18.1 Å². The van der Waals surface area contributed by atoms with Gasteiger partial charge in [0.1, 0.15) is 17.3 Å². The highest BCUT2D eigenvalue weighted by Gasteiger charge is 2.13. The fourth-order valence-corrected chi connectivity index (χ4v) is 3.05. The Morgan fingerprint density at radius 2 is 2.12 bits per heavy atom. The van der Waals surface area contributed by atoms with Crippen molar-refractivity contribution < 1.29 is 9.47 Å². The van der Waals surface area contributed by atoms with E-state index in [-0.39, 0.29) is 5.56 Å². The maximum atomic E-state index is 12.0. The average Bonchev–Trinajstić information content (AvgIpc) is 3.16. The lowest BCUT2D eigenvalue weighted by Crippen LogP contribution is -2.18. The lowest BCUT2D eigenvalue weighted by Gasteiger charge is -2.16. The Hall–Kier alpha value is -2.87. The number of benzene rings is 1. The van der Waals surface area contributed by atoms with Crippen molar-refractivity contribution in [1.82, 2.24) is 14.9 Å². The van der Waals surface area contributed by atoms with Gasteiger partial charge in [-0.05, 0) is 30.6 Å². The molecule has 26 heavy (non-hydrogen) atoms. The number of nitrogens with zero attached hydrogens (tertiary/aromatic N) is 2. The number of ether oxygens (including phenoxy) is 2. The molecular weight excluding hydrogens is 352 g/mol. The zero-order chi connectivity index (χ0) is 18.5. The van der Waals surface area contributed by atoms with Crippen molar-refractivity contribution in [2.75, 3.05) is 20.8 Å². The highest BCUT2D eigenvalue weighted by atomic mass is 32.1. The number of nitrogens with one attached hydrogen (secondary N) is 2. The van der Waals surface area contributed by atoms with E-state index in [1.807, 2.05) is 29.0 Å². The van der Waals surface area contributed by atoms with Gasteiger partial charge in [0.25, 0.3) is 5.56 Å². The third kappa shape index (κ3) is 3.85. The Labute approximate surface area is 156 Å². The predicted molar refractivity (Wildman–Crippen MR) is 104 cm³/mol. The molecule has 1 aliphatic heterocycles. The molecule has 0 bridgehead atoms. The zero-order valence-corrected chi connectivity index (χ0v) is 15.4. The van der Waals surface area contributed by atoms with E-state index >= 15 is 0 Å². The number of H-pyrrole nitrogens is 1. The topological polar surface area (TPSA) is 80.6 Å². The molecule has 0 spiro atoms. The normalized spacial score (nSPS) is 14.5. The van der Waals surface area contributed by atoms with Gasteiger partial charge in [0.2, 0.25) is 0 Å². The fraction of sp³-hybridized carbons (Fsp3) is 0.278. The van der Waals surface area contributed by atoms with Gasteiger partial charge < -0.3 is 19.4 Å². The molecule has 0 saturated heterocycles. The number of aliphatic imine (C=N–C) groups is 1. The van der Waals surface area contributed by atoms with E-state index in [0.717, 1.165) is 17.8 Å². The third-order valence-electron chi connectivity index (χ3n) is 4.02. The van der Waals surface area contributed by atoms with Crippen LogP contribution in [0, 0.1) is 4.77 Å². The summed E-state index contributed by atoms with van der Waals surface area (Å²) in [4.78, 5) is 19.2. The summed E-state index contributed by atoms with van der Waals surface area (Å²) in [5.74, 6) is 2.20. The summed E-state index contributed by atoms with van der Waals surface area (Å²) in [6, 6.07) is 6.97. The number of amidine groups is 1. The van der Waals surface area contributed by atoms with Gasteiger partial charge in [0.15, 0.2) is 4.77 Å². The molecule has 2 heterocycles. The summed E-state index contributed by atoms with van der Waals surface area (Å²) in [6.07, 6.45) is 4.69. The molecule has 1 aliphatic rings. The van der Waals surface area contributed by atoms with Crippen molar-refractivity contribution in [2.24, 2.45) is 4.99 Å². The van der Waals surface area contributed by atoms with Crippen LogP contribution in [0.25, 0.3) is 11.3 Å². The number of aromatic nitrogens is 2. The van der Waals surface area contributed by atoms with Crippen LogP contribution in [0.5, 0.6) is 11.5 Å². The Morgan fingerprint density at radius 3 is 2.81 bits per heavy atom. The van der Waals surface area contributed by atoms with Gasteiger partial charge in [-0.25, -0.2) is 0 Å². The van der Waals surface area contributed by atoms with Crippen molar-refractivity contribution in [3.05, 3.63) is 51.7 Å². The first-order valence-corrected chi connectivity index (χ1v) is 8.54. The Kier molecular flexibility index (Phi) is 5.52. The quantitative estimate of drug-likeness (QED) is 0.762. The van der Waals surface area contributed by atoms with Gasteiger partial charge in [0.05, 0.1) is 26.5 Å². The standard InChI is InChI=1S/C18H20N4O3S/c1-24-12-5-6-13(15(10-12)25-2)14-11-17(23)21-18(26)22(14)9-8-20-16-4-3-7-19-16/h3,5-7,10-11H,4,8-9H2,1-2H3,(H,19,20)(H,21,23,26). The number of rotatable bonds is 6. The summed E-state index contributed by atoms with van der Waals surface area (Å²) in [7, 11) is 3.17. The Balaban J connectivity index is 2.00. The van der Waals surface area contributed by atoms with Crippen molar-refractivity contribution in [2.45, 2.75) is 13.0 Å².